The van der Waals surface area contributed by atoms with Crippen LogP contribution in [0, 0.1) is 5.92 Å². The molecule has 2 fully saturated rings. The highest BCUT2D eigenvalue weighted by molar-refractivity contribution is 5.78. The number of piperidine rings is 1. The van der Waals surface area contributed by atoms with Gasteiger partial charge in [-0.25, -0.2) is 0 Å². The van der Waals surface area contributed by atoms with Crippen LogP contribution in [0.15, 0.2) is 30.3 Å². The first kappa shape index (κ1) is 16.5. The van der Waals surface area contributed by atoms with Crippen molar-refractivity contribution in [2.75, 3.05) is 19.7 Å². The summed E-state index contributed by atoms with van der Waals surface area (Å²) in [6, 6.07) is 10.8. The van der Waals surface area contributed by atoms with Crippen molar-refractivity contribution in [3.8, 4) is 0 Å². The Balaban J connectivity index is 1.48. The van der Waals surface area contributed by atoms with Crippen molar-refractivity contribution >= 4 is 5.91 Å². The van der Waals surface area contributed by atoms with Gasteiger partial charge >= 0.3 is 0 Å². The van der Waals surface area contributed by atoms with Gasteiger partial charge in [0.05, 0.1) is 18.2 Å². The molecule has 1 amide bonds. The zero-order valence-electron chi connectivity index (χ0n) is 14.3. The van der Waals surface area contributed by atoms with Crippen molar-refractivity contribution < 1.29 is 9.53 Å². The largest absolute Gasteiger partial charge is 0.373 e. The number of hydrogen-bond donors (Lipinski definition) is 1. The summed E-state index contributed by atoms with van der Waals surface area (Å²) in [6.45, 7) is 7.69. The van der Waals surface area contributed by atoms with Gasteiger partial charge in [0.1, 0.15) is 0 Å². The van der Waals surface area contributed by atoms with Crippen LogP contribution in [0.4, 0.5) is 0 Å². The van der Waals surface area contributed by atoms with Crippen LogP contribution in [-0.2, 0) is 16.1 Å². The molecule has 4 heteroatoms. The van der Waals surface area contributed by atoms with Gasteiger partial charge in [0.25, 0.3) is 0 Å². The van der Waals surface area contributed by atoms with Gasteiger partial charge in [0.2, 0.25) is 5.91 Å². The van der Waals surface area contributed by atoms with E-state index in [9.17, 15) is 4.79 Å². The first-order valence-corrected chi connectivity index (χ1v) is 8.77. The van der Waals surface area contributed by atoms with Crippen molar-refractivity contribution in [3.05, 3.63) is 35.9 Å². The average Bonchev–Trinajstić information content (AvgIpc) is 2.93. The van der Waals surface area contributed by atoms with E-state index in [1.165, 1.54) is 5.56 Å². The quantitative estimate of drug-likeness (QED) is 0.928. The molecule has 0 saturated carbocycles. The van der Waals surface area contributed by atoms with Gasteiger partial charge in [0.15, 0.2) is 0 Å². The molecule has 1 atom stereocenters. The fourth-order valence-corrected chi connectivity index (χ4v) is 3.61. The molecule has 0 aromatic heterocycles. The number of carbonyl (C=O) groups is 1. The minimum Gasteiger partial charge on any atom is -0.373 e. The lowest BCUT2D eigenvalue weighted by Crippen LogP contribution is -2.45. The Hall–Kier alpha value is -1.39. The Kier molecular flexibility index (Phi) is 5.02. The Labute approximate surface area is 139 Å². The van der Waals surface area contributed by atoms with E-state index in [1.54, 1.807) is 0 Å². The van der Waals surface area contributed by atoms with Crippen LogP contribution < -0.4 is 5.32 Å². The predicted octanol–water partition coefficient (Wildman–Crippen LogP) is 2.58. The first-order chi connectivity index (χ1) is 11.1. The average molecular weight is 316 g/mol. The van der Waals surface area contributed by atoms with Crippen molar-refractivity contribution in [2.45, 2.75) is 51.3 Å². The maximum Gasteiger partial charge on any atom is 0.222 e. The summed E-state index contributed by atoms with van der Waals surface area (Å²) in [4.78, 5) is 14.4. The van der Waals surface area contributed by atoms with Gasteiger partial charge in [-0.05, 0) is 24.8 Å². The zero-order chi connectivity index (χ0) is 16.3. The summed E-state index contributed by atoms with van der Waals surface area (Å²) >= 11 is 0. The van der Waals surface area contributed by atoms with E-state index in [4.69, 9.17) is 4.74 Å². The third kappa shape index (κ3) is 4.12. The van der Waals surface area contributed by atoms with Crippen molar-refractivity contribution in [1.29, 1.82) is 0 Å². The van der Waals surface area contributed by atoms with Gasteiger partial charge in [-0.2, -0.15) is 0 Å². The van der Waals surface area contributed by atoms with Crippen LogP contribution in [-0.4, -0.2) is 42.1 Å². The Morgan fingerprint density at radius 3 is 2.65 bits per heavy atom. The molecule has 4 nitrogen and oxygen atoms in total. The highest BCUT2D eigenvalue weighted by Crippen LogP contribution is 2.36. The molecule has 1 spiro atoms. The van der Waals surface area contributed by atoms with Crippen LogP contribution in [0.3, 0.4) is 0 Å². The molecule has 2 heterocycles. The number of likely N-dealkylation sites (tertiary alicyclic amines) is 1. The standard InChI is InChI=1S/C19H28N2O2/c1-15(2)18(22)20-17-12-19(23-14-17)8-10-21(11-9-19)13-16-6-4-3-5-7-16/h3-7,15,17H,8-14H2,1-2H3,(H,20,22). The molecule has 1 aromatic rings. The van der Waals surface area contributed by atoms with Crippen molar-refractivity contribution in [3.63, 3.8) is 0 Å². The van der Waals surface area contributed by atoms with Crippen LogP contribution in [0.2, 0.25) is 0 Å². The summed E-state index contributed by atoms with van der Waals surface area (Å²) in [5.74, 6) is 0.177. The first-order valence-electron chi connectivity index (χ1n) is 8.77. The number of nitrogens with one attached hydrogen (secondary N) is 1. The highest BCUT2D eigenvalue weighted by atomic mass is 16.5. The maximum atomic E-state index is 11.9. The lowest BCUT2D eigenvalue weighted by atomic mass is 9.87. The number of ether oxygens (including phenoxy) is 1. The zero-order valence-corrected chi connectivity index (χ0v) is 14.3. The van der Waals surface area contributed by atoms with E-state index < -0.39 is 0 Å². The lowest BCUT2D eigenvalue weighted by molar-refractivity contribution is -0.124. The smallest absolute Gasteiger partial charge is 0.222 e. The summed E-state index contributed by atoms with van der Waals surface area (Å²) in [5.41, 5.74) is 1.36. The number of rotatable bonds is 4. The maximum absolute atomic E-state index is 11.9. The van der Waals surface area contributed by atoms with Crippen LogP contribution >= 0.6 is 0 Å². The monoisotopic (exact) mass is 316 g/mol. The molecule has 2 aliphatic heterocycles. The third-order valence-corrected chi connectivity index (χ3v) is 5.10. The molecule has 1 N–H and O–H groups in total. The summed E-state index contributed by atoms with van der Waals surface area (Å²) in [5, 5.41) is 3.12. The molecule has 23 heavy (non-hydrogen) atoms. The number of benzene rings is 1. The molecular formula is C19H28N2O2. The summed E-state index contributed by atoms with van der Waals surface area (Å²) < 4.78 is 6.13. The second kappa shape index (κ2) is 7.02. The normalized spacial score (nSPS) is 24.2. The molecule has 0 bridgehead atoms. The molecule has 2 aliphatic rings. The van der Waals surface area contributed by atoms with Gasteiger partial charge in [-0.3, -0.25) is 9.69 Å². The third-order valence-electron chi connectivity index (χ3n) is 5.10. The number of amides is 1. The molecule has 3 rings (SSSR count). The Morgan fingerprint density at radius 1 is 1.30 bits per heavy atom. The minimum absolute atomic E-state index is 0.0118. The number of carbonyl (C=O) groups excluding carboxylic acids is 1. The second-order valence-corrected chi connectivity index (χ2v) is 7.32. The van der Waals surface area contributed by atoms with Crippen molar-refractivity contribution in [2.24, 2.45) is 5.92 Å². The second-order valence-electron chi connectivity index (χ2n) is 7.32. The van der Waals surface area contributed by atoms with E-state index in [2.05, 4.69) is 40.5 Å². The topological polar surface area (TPSA) is 41.6 Å². The summed E-state index contributed by atoms with van der Waals surface area (Å²) in [6.07, 6.45) is 3.09. The minimum atomic E-state index is -0.0118. The van der Waals surface area contributed by atoms with E-state index in [1.807, 2.05) is 13.8 Å². The van der Waals surface area contributed by atoms with Gasteiger partial charge in [0, 0.05) is 25.6 Å². The predicted molar refractivity (Wildman–Crippen MR) is 91.0 cm³/mol. The fraction of sp³-hybridized carbons (Fsp3) is 0.632. The van der Waals surface area contributed by atoms with Gasteiger partial charge < -0.3 is 10.1 Å². The Bertz CT molecular complexity index is 521. The molecule has 2 saturated heterocycles. The molecule has 1 unspecified atom stereocenters. The molecule has 0 aliphatic carbocycles. The lowest BCUT2D eigenvalue weighted by Gasteiger charge is -2.38. The van der Waals surface area contributed by atoms with Crippen LogP contribution in [0.1, 0.15) is 38.7 Å². The number of hydrogen-bond acceptors (Lipinski definition) is 3. The molecule has 1 aromatic carbocycles. The van der Waals surface area contributed by atoms with E-state index in [0.29, 0.717) is 6.61 Å². The Morgan fingerprint density at radius 2 is 2.00 bits per heavy atom. The van der Waals surface area contributed by atoms with E-state index in [-0.39, 0.29) is 23.5 Å². The van der Waals surface area contributed by atoms with Crippen LogP contribution in [0.5, 0.6) is 0 Å². The summed E-state index contributed by atoms with van der Waals surface area (Å²) in [7, 11) is 0. The van der Waals surface area contributed by atoms with Crippen LogP contribution in [0.25, 0.3) is 0 Å². The van der Waals surface area contributed by atoms with E-state index >= 15 is 0 Å². The van der Waals surface area contributed by atoms with Gasteiger partial charge in [-0.1, -0.05) is 44.2 Å². The highest BCUT2D eigenvalue weighted by Gasteiger charge is 2.43. The fourth-order valence-electron chi connectivity index (χ4n) is 3.61. The van der Waals surface area contributed by atoms with Gasteiger partial charge in [-0.15, -0.1) is 0 Å². The molecular weight excluding hydrogens is 288 g/mol. The molecule has 0 radical (unpaired) electrons. The SMILES string of the molecule is CC(C)C(=O)NC1COC2(CCN(Cc3ccccc3)CC2)C1. The molecule has 126 valence electrons. The van der Waals surface area contributed by atoms with E-state index in [0.717, 1.165) is 38.9 Å². The number of nitrogens with zero attached hydrogens (tertiary/aromatic N) is 1. The van der Waals surface area contributed by atoms with Crippen molar-refractivity contribution in [1.82, 2.24) is 10.2 Å².